The van der Waals surface area contributed by atoms with Crippen LogP contribution in [0.15, 0.2) is 12.1 Å². The summed E-state index contributed by atoms with van der Waals surface area (Å²) in [5.41, 5.74) is 0.652. The van der Waals surface area contributed by atoms with Gasteiger partial charge in [-0.1, -0.05) is 11.6 Å². The topological polar surface area (TPSA) is 67.8 Å². The number of benzene rings is 1. The molecule has 5 nitrogen and oxygen atoms in total. The van der Waals surface area contributed by atoms with Gasteiger partial charge in [-0.05, 0) is 24.1 Å². The molecular weight excluding hydrogens is 270 g/mol. The Morgan fingerprint density at radius 3 is 2.79 bits per heavy atom. The van der Waals surface area contributed by atoms with Crippen LogP contribution in [0.3, 0.4) is 0 Å². The molecule has 1 aromatic rings. The van der Waals surface area contributed by atoms with Gasteiger partial charge in [-0.3, -0.25) is 4.79 Å². The van der Waals surface area contributed by atoms with Crippen molar-refractivity contribution in [2.45, 2.75) is 19.4 Å². The third-order valence-electron chi connectivity index (χ3n) is 2.55. The summed E-state index contributed by atoms with van der Waals surface area (Å²) in [6.07, 6.45) is 0.978. The van der Waals surface area contributed by atoms with Crippen molar-refractivity contribution in [1.29, 1.82) is 0 Å². The molecule has 2 N–H and O–H groups in total. The first-order valence-corrected chi connectivity index (χ1v) is 6.30. The van der Waals surface area contributed by atoms with Gasteiger partial charge < -0.3 is 19.9 Å². The van der Waals surface area contributed by atoms with E-state index in [0.29, 0.717) is 41.5 Å². The highest BCUT2D eigenvalue weighted by molar-refractivity contribution is 6.32. The largest absolute Gasteiger partial charge is 0.493 e. The van der Waals surface area contributed by atoms with Gasteiger partial charge in [-0.25, -0.2) is 0 Å². The summed E-state index contributed by atoms with van der Waals surface area (Å²) in [4.78, 5) is 11.1. The molecule has 0 saturated heterocycles. The zero-order chi connectivity index (χ0) is 14.3. The van der Waals surface area contributed by atoms with E-state index in [1.807, 2.05) is 0 Å². The monoisotopic (exact) mass is 287 g/mol. The van der Waals surface area contributed by atoms with Crippen LogP contribution in [-0.4, -0.2) is 31.8 Å². The second kappa shape index (κ2) is 7.86. The van der Waals surface area contributed by atoms with Crippen molar-refractivity contribution in [3.8, 4) is 11.5 Å². The van der Waals surface area contributed by atoms with Crippen LogP contribution in [0.5, 0.6) is 11.5 Å². The van der Waals surface area contributed by atoms with Crippen LogP contribution in [0.25, 0.3) is 0 Å². The molecule has 0 atom stereocenters. The predicted octanol–water partition coefficient (Wildman–Crippen LogP) is 1.75. The number of hydrogen-bond acceptors (Lipinski definition) is 4. The molecule has 0 saturated carbocycles. The number of halogens is 1. The summed E-state index contributed by atoms with van der Waals surface area (Å²) in [7, 11) is 3.10. The Morgan fingerprint density at radius 2 is 2.21 bits per heavy atom. The number of aliphatic hydroxyl groups is 1. The van der Waals surface area contributed by atoms with Gasteiger partial charge in [-0.15, -0.1) is 0 Å². The van der Waals surface area contributed by atoms with E-state index < -0.39 is 0 Å². The fourth-order valence-corrected chi connectivity index (χ4v) is 1.82. The highest BCUT2D eigenvalue weighted by Crippen LogP contribution is 2.36. The molecule has 0 aromatic heterocycles. The minimum absolute atomic E-state index is 0.0303. The van der Waals surface area contributed by atoms with Crippen molar-refractivity contribution < 1.29 is 19.4 Å². The van der Waals surface area contributed by atoms with E-state index in [9.17, 15) is 4.79 Å². The lowest BCUT2D eigenvalue weighted by atomic mass is 10.2. The van der Waals surface area contributed by atoms with Gasteiger partial charge in [0.1, 0.15) is 0 Å². The van der Waals surface area contributed by atoms with Crippen LogP contribution >= 0.6 is 11.6 Å². The van der Waals surface area contributed by atoms with Crippen molar-refractivity contribution in [2.24, 2.45) is 0 Å². The average Bonchev–Trinajstić information content (AvgIpc) is 2.43. The Morgan fingerprint density at radius 1 is 1.47 bits per heavy atom. The lowest BCUT2D eigenvalue weighted by molar-refractivity contribution is -0.120. The number of nitrogens with one attached hydrogen (secondary N) is 1. The number of aliphatic hydroxyl groups excluding tert-OH is 1. The Balaban J connectivity index is 2.64. The molecule has 1 rings (SSSR count). The van der Waals surface area contributed by atoms with Crippen LogP contribution in [0.2, 0.25) is 5.02 Å². The number of amides is 1. The summed E-state index contributed by atoms with van der Waals surface area (Å²) >= 11 is 6.07. The quantitative estimate of drug-likeness (QED) is 0.750. The van der Waals surface area contributed by atoms with Crippen molar-refractivity contribution in [1.82, 2.24) is 5.32 Å². The Bertz CT molecular complexity index is 437. The van der Waals surface area contributed by atoms with E-state index in [2.05, 4.69) is 5.32 Å². The smallest absolute Gasteiger partial charge is 0.219 e. The van der Waals surface area contributed by atoms with Crippen molar-refractivity contribution in [3.05, 3.63) is 22.7 Å². The minimum Gasteiger partial charge on any atom is -0.493 e. The zero-order valence-electron chi connectivity index (χ0n) is 11.0. The third kappa shape index (κ3) is 4.61. The number of carbonyl (C=O) groups excluding carboxylic acids is 1. The fourth-order valence-electron chi connectivity index (χ4n) is 1.54. The molecule has 0 bridgehead atoms. The molecular formula is C13H18ClNO4. The van der Waals surface area contributed by atoms with Crippen LogP contribution < -0.4 is 14.8 Å². The summed E-state index contributed by atoms with van der Waals surface area (Å²) in [5, 5.41) is 12.0. The van der Waals surface area contributed by atoms with Crippen LogP contribution in [-0.2, 0) is 11.4 Å². The van der Waals surface area contributed by atoms with Crippen LogP contribution in [0.4, 0.5) is 0 Å². The molecule has 0 radical (unpaired) electrons. The number of carbonyl (C=O) groups is 1. The number of hydrogen-bond donors (Lipinski definition) is 2. The predicted molar refractivity (Wildman–Crippen MR) is 72.7 cm³/mol. The van der Waals surface area contributed by atoms with Gasteiger partial charge in [-0.2, -0.15) is 0 Å². The van der Waals surface area contributed by atoms with Gasteiger partial charge in [0, 0.05) is 13.5 Å². The van der Waals surface area contributed by atoms with E-state index >= 15 is 0 Å². The molecule has 106 valence electrons. The molecule has 19 heavy (non-hydrogen) atoms. The summed E-state index contributed by atoms with van der Waals surface area (Å²) in [5.74, 6) is 0.868. The van der Waals surface area contributed by atoms with E-state index in [1.54, 1.807) is 19.2 Å². The molecule has 0 unspecified atom stereocenters. The molecule has 0 fully saturated rings. The van der Waals surface area contributed by atoms with Gasteiger partial charge in [0.25, 0.3) is 0 Å². The minimum atomic E-state index is -0.118. The second-order valence-electron chi connectivity index (χ2n) is 3.89. The maximum absolute atomic E-state index is 11.1. The zero-order valence-corrected chi connectivity index (χ0v) is 11.8. The number of methoxy groups -OCH3 is 1. The summed E-state index contributed by atoms with van der Waals surface area (Å²) in [6.45, 7) is 0.245. The van der Waals surface area contributed by atoms with E-state index in [1.165, 1.54) is 7.11 Å². The normalized spacial score (nSPS) is 10.1. The van der Waals surface area contributed by atoms with Crippen molar-refractivity contribution in [2.75, 3.05) is 20.8 Å². The number of ether oxygens (including phenoxy) is 2. The van der Waals surface area contributed by atoms with Crippen LogP contribution in [0, 0.1) is 0 Å². The van der Waals surface area contributed by atoms with Crippen molar-refractivity contribution in [3.63, 3.8) is 0 Å². The molecule has 6 heteroatoms. The molecule has 0 spiro atoms. The third-order valence-corrected chi connectivity index (χ3v) is 2.83. The van der Waals surface area contributed by atoms with E-state index in [4.69, 9.17) is 26.2 Å². The highest BCUT2D eigenvalue weighted by Gasteiger charge is 2.12. The first kappa shape index (κ1) is 15.6. The Hall–Kier alpha value is -1.46. The van der Waals surface area contributed by atoms with Gasteiger partial charge in [0.05, 0.1) is 25.3 Å². The average molecular weight is 288 g/mol. The van der Waals surface area contributed by atoms with E-state index in [-0.39, 0.29) is 12.5 Å². The molecule has 0 aliphatic carbocycles. The highest BCUT2D eigenvalue weighted by atomic mass is 35.5. The lowest BCUT2D eigenvalue weighted by Crippen LogP contribution is -2.18. The molecule has 1 aromatic carbocycles. The van der Waals surface area contributed by atoms with Gasteiger partial charge in [0.2, 0.25) is 5.91 Å². The molecule has 0 aliphatic rings. The second-order valence-corrected chi connectivity index (χ2v) is 4.30. The first-order chi connectivity index (χ1) is 9.12. The van der Waals surface area contributed by atoms with Gasteiger partial charge in [0.15, 0.2) is 11.5 Å². The van der Waals surface area contributed by atoms with Crippen LogP contribution in [0.1, 0.15) is 18.4 Å². The molecule has 1 amide bonds. The Labute approximate surface area is 117 Å². The van der Waals surface area contributed by atoms with Crippen molar-refractivity contribution >= 4 is 17.5 Å². The maximum Gasteiger partial charge on any atom is 0.219 e. The molecule has 0 aliphatic heterocycles. The Kier molecular flexibility index (Phi) is 6.45. The molecule has 0 heterocycles. The number of rotatable bonds is 7. The maximum atomic E-state index is 11.1. The lowest BCUT2D eigenvalue weighted by Gasteiger charge is -2.13. The first-order valence-electron chi connectivity index (χ1n) is 5.93. The summed E-state index contributed by atoms with van der Waals surface area (Å²) in [6, 6.07) is 3.29. The van der Waals surface area contributed by atoms with E-state index in [0.717, 1.165) is 0 Å². The summed E-state index contributed by atoms with van der Waals surface area (Å²) < 4.78 is 10.7. The SMILES string of the molecule is CNC(=O)CCCOc1c(Cl)cc(CO)cc1OC. The standard InChI is InChI=1S/C13H18ClNO4/c1-15-12(17)4-3-5-19-13-10(14)6-9(8-16)7-11(13)18-2/h6-7,16H,3-5,8H2,1-2H3,(H,15,17). The fraction of sp³-hybridized carbons (Fsp3) is 0.462. The van der Waals surface area contributed by atoms with Gasteiger partial charge >= 0.3 is 0 Å².